The molecule has 1 fully saturated rings. The Kier molecular flexibility index (Phi) is 6.27. The third-order valence-electron chi connectivity index (χ3n) is 3.35. The fourth-order valence-corrected chi connectivity index (χ4v) is 4.92. The molecule has 0 aromatic heterocycles. The number of hydrogen-bond donors (Lipinski definition) is 1. The first-order chi connectivity index (χ1) is 8.76. The molecule has 0 amide bonds. The van der Waals surface area contributed by atoms with E-state index in [0.29, 0.717) is 6.54 Å². The molecule has 0 aromatic carbocycles. The van der Waals surface area contributed by atoms with Crippen LogP contribution in [0.4, 0.5) is 0 Å². The molecule has 5 heteroatoms. The average Bonchev–Trinajstić information content (AvgIpc) is 2.27. The Labute approximate surface area is 119 Å². The monoisotopic (exact) mass is 290 g/mol. The number of piperidine rings is 1. The number of nitrogens with one attached hydrogen (secondary N) is 1. The lowest BCUT2D eigenvalue weighted by atomic mass is 10.0. The van der Waals surface area contributed by atoms with Gasteiger partial charge < -0.3 is 5.32 Å². The molecule has 0 aliphatic carbocycles. The van der Waals surface area contributed by atoms with Crippen molar-refractivity contribution < 1.29 is 8.42 Å². The minimum absolute atomic E-state index is 0.146. The molecule has 0 aromatic rings. The fraction of sp³-hybridized carbons (Fsp3) is 1.00. The van der Waals surface area contributed by atoms with Crippen molar-refractivity contribution in [1.29, 1.82) is 0 Å². The summed E-state index contributed by atoms with van der Waals surface area (Å²) in [6, 6.07) is 0.146. The normalized spacial score (nSPS) is 22.6. The van der Waals surface area contributed by atoms with Gasteiger partial charge in [0, 0.05) is 19.1 Å². The molecular formula is C14H30N2O2S. The van der Waals surface area contributed by atoms with Gasteiger partial charge in [-0.1, -0.05) is 34.1 Å². The first kappa shape index (κ1) is 16.9. The summed E-state index contributed by atoms with van der Waals surface area (Å²) in [5, 5.41) is 3.36. The van der Waals surface area contributed by atoms with Crippen LogP contribution in [-0.2, 0) is 10.0 Å². The van der Waals surface area contributed by atoms with Gasteiger partial charge in [0.1, 0.15) is 0 Å². The second-order valence-electron chi connectivity index (χ2n) is 6.78. The number of sulfonamides is 1. The summed E-state index contributed by atoms with van der Waals surface area (Å²) in [6.45, 7) is 10.5. The van der Waals surface area contributed by atoms with Crippen molar-refractivity contribution in [2.75, 3.05) is 25.4 Å². The summed E-state index contributed by atoms with van der Waals surface area (Å²) in [7, 11) is -3.13. The van der Waals surface area contributed by atoms with E-state index in [9.17, 15) is 8.42 Å². The van der Waals surface area contributed by atoms with E-state index in [1.807, 2.05) is 20.8 Å². The molecule has 1 heterocycles. The van der Waals surface area contributed by atoms with Gasteiger partial charge in [-0.05, 0) is 31.2 Å². The van der Waals surface area contributed by atoms with Gasteiger partial charge in [0.2, 0.25) is 10.0 Å². The molecule has 0 radical (unpaired) electrons. The Morgan fingerprint density at radius 2 is 1.95 bits per heavy atom. The van der Waals surface area contributed by atoms with E-state index in [1.165, 1.54) is 0 Å². The van der Waals surface area contributed by atoms with Gasteiger partial charge in [0.15, 0.2) is 0 Å². The maximum Gasteiger partial charge on any atom is 0.214 e. The molecular weight excluding hydrogens is 260 g/mol. The first-order valence-electron chi connectivity index (χ1n) is 7.46. The quantitative estimate of drug-likeness (QED) is 0.763. The molecule has 1 saturated heterocycles. The van der Waals surface area contributed by atoms with E-state index in [1.54, 1.807) is 4.31 Å². The van der Waals surface area contributed by atoms with Crippen molar-refractivity contribution in [3.05, 3.63) is 0 Å². The van der Waals surface area contributed by atoms with Crippen molar-refractivity contribution in [3.63, 3.8) is 0 Å². The molecule has 1 aliphatic heterocycles. The summed E-state index contributed by atoms with van der Waals surface area (Å²) in [4.78, 5) is 0. The Bertz CT molecular complexity index is 360. The van der Waals surface area contributed by atoms with E-state index in [2.05, 4.69) is 12.2 Å². The molecule has 4 nitrogen and oxygen atoms in total. The molecule has 0 bridgehead atoms. The zero-order valence-corrected chi connectivity index (χ0v) is 13.7. The Hall–Kier alpha value is -0.130. The van der Waals surface area contributed by atoms with Crippen molar-refractivity contribution in [2.24, 2.45) is 5.41 Å². The first-order valence-corrected chi connectivity index (χ1v) is 9.07. The molecule has 1 aliphatic rings. The molecule has 1 N–H and O–H groups in total. The maximum atomic E-state index is 12.5. The Morgan fingerprint density at radius 1 is 1.26 bits per heavy atom. The lowest BCUT2D eigenvalue weighted by Crippen LogP contribution is -2.50. The fourth-order valence-electron chi connectivity index (χ4n) is 2.62. The van der Waals surface area contributed by atoms with Gasteiger partial charge in [-0.2, -0.15) is 4.31 Å². The van der Waals surface area contributed by atoms with E-state index in [0.717, 1.165) is 38.8 Å². The summed E-state index contributed by atoms with van der Waals surface area (Å²) >= 11 is 0. The van der Waals surface area contributed by atoms with Crippen LogP contribution in [0.2, 0.25) is 0 Å². The van der Waals surface area contributed by atoms with Crippen LogP contribution in [0.1, 0.15) is 53.4 Å². The van der Waals surface area contributed by atoms with Crippen LogP contribution >= 0.6 is 0 Å². The molecule has 114 valence electrons. The topological polar surface area (TPSA) is 49.4 Å². The molecule has 1 rings (SSSR count). The lowest BCUT2D eigenvalue weighted by molar-refractivity contribution is 0.242. The van der Waals surface area contributed by atoms with Gasteiger partial charge in [-0.3, -0.25) is 0 Å². The summed E-state index contributed by atoms with van der Waals surface area (Å²) < 4.78 is 26.8. The van der Waals surface area contributed by atoms with Crippen LogP contribution in [0.15, 0.2) is 0 Å². The standard InChI is InChI=1S/C14H30N2O2S/c1-5-9-15-11-13-8-6-7-10-16(13)19(17,18)12-14(2,3)4/h13,15H,5-12H2,1-4H3. The highest BCUT2D eigenvalue weighted by Gasteiger charge is 2.34. The highest BCUT2D eigenvalue weighted by molar-refractivity contribution is 7.89. The Morgan fingerprint density at radius 3 is 2.53 bits per heavy atom. The van der Waals surface area contributed by atoms with E-state index in [4.69, 9.17) is 0 Å². The molecule has 19 heavy (non-hydrogen) atoms. The van der Waals surface area contributed by atoms with Crippen LogP contribution in [0.5, 0.6) is 0 Å². The second kappa shape index (κ2) is 7.04. The van der Waals surface area contributed by atoms with E-state index < -0.39 is 10.0 Å². The maximum absolute atomic E-state index is 12.5. The largest absolute Gasteiger partial charge is 0.315 e. The van der Waals surface area contributed by atoms with Gasteiger partial charge in [0.05, 0.1) is 5.75 Å². The third-order valence-corrected chi connectivity index (χ3v) is 5.78. The zero-order chi connectivity index (χ0) is 14.5. The SMILES string of the molecule is CCCNCC1CCCCN1S(=O)(=O)CC(C)(C)C. The molecule has 0 spiro atoms. The van der Waals surface area contributed by atoms with Crippen LogP contribution in [0, 0.1) is 5.41 Å². The second-order valence-corrected chi connectivity index (χ2v) is 8.70. The highest BCUT2D eigenvalue weighted by Crippen LogP contribution is 2.25. The molecule has 1 unspecified atom stereocenters. The van der Waals surface area contributed by atoms with Gasteiger partial charge in [-0.15, -0.1) is 0 Å². The molecule has 1 atom stereocenters. The molecule has 0 saturated carbocycles. The predicted molar refractivity (Wildman–Crippen MR) is 80.7 cm³/mol. The van der Waals surface area contributed by atoms with Gasteiger partial charge in [0.25, 0.3) is 0 Å². The number of hydrogen-bond acceptors (Lipinski definition) is 3. The highest BCUT2D eigenvalue weighted by atomic mass is 32.2. The number of nitrogens with zero attached hydrogens (tertiary/aromatic N) is 1. The van der Waals surface area contributed by atoms with Gasteiger partial charge in [-0.25, -0.2) is 8.42 Å². The number of rotatable bonds is 6. The third kappa shape index (κ3) is 5.79. The summed E-state index contributed by atoms with van der Waals surface area (Å²) in [5.41, 5.74) is -0.183. The van der Waals surface area contributed by atoms with Crippen LogP contribution in [0.3, 0.4) is 0 Å². The van der Waals surface area contributed by atoms with Crippen molar-refractivity contribution in [2.45, 2.75) is 59.4 Å². The minimum atomic E-state index is -3.13. The van der Waals surface area contributed by atoms with Crippen LogP contribution < -0.4 is 5.32 Å². The van der Waals surface area contributed by atoms with Crippen LogP contribution in [-0.4, -0.2) is 44.2 Å². The smallest absolute Gasteiger partial charge is 0.214 e. The lowest BCUT2D eigenvalue weighted by Gasteiger charge is -2.36. The van der Waals surface area contributed by atoms with Crippen molar-refractivity contribution in [3.8, 4) is 0 Å². The Balaban J connectivity index is 2.70. The van der Waals surface area contributed by atoms with Crippen molar-refractivity contribution in [1.82, 2.24) is 9.62 Å². The van der Waals surface area contributed by atoms with Gasteiger partial charge >= 0.3 is 0 Å². The average molecular weight is 290 g/mol. The van der Waals surface area contributed by atoms with Crippen molar-refractivity contribution >= 4 is 10.0 Å². The van der Waals surface area contributed by atoms with Crippen LogP contribution in [0.25, 0.3) is 0 Å². The zero-order valence-electron chi connectivity index (χ0n) is 12.9. The summed E-state index contributed by atoms with van der Waals surface area (Å²) in [5.74, 6) is 0.240. The summed E-state index contributed by atoms with van der Waals surface area (Å²) in [6.07, 6.45) is 4.20. The minimum Gasteiger partial charge on any atom is -0.315 e. The predicted octanol–water partition coefficient (Wildman–Crippen LogP) is 2.22. The van der Waals surface area contributed by atoms with E-state index in [-0.39, 0.29) is 17.2 Å². The van der Waals surface area contributed by atoms with E-state index >= 15 is 0 Å².